The molecule has 1 saturated heterocycles. The van der Waals surface area contributed by atoms with Gasteiger partial charge in [0.2, 0.25) is 0 Å². The number of aryl methyl sites for hydroxylation is 2. The Bertz CT molecular complexity index is 746. The summed E-state index contributed by atoms with van der Waals surface area (Å²) in [6.07, 6.45) is 8.55. The van der Waals surface area contributed by atoms with Gasteiger partial charge < -0.3 is 20.1 Å². The van der Waals surface area contributed by atoms with Crippen LogP contribution in [0.2, 0.25) is 0 Å². The van der Waals surface area contributed by atoms with Crippen LogP contribution < -0.4 is 10.6 Å². The van der Waals surface area contributed by atoms with E-state index < -0.39 is 0 Å². The van der Waals surface area contributed by atoms with E-state index in [1.54, 1.807) is 11.3 Å². The van der Waals surface area contributed by atoms with E-state index in [0.29, 0.717) is 5.96 Å². The highest BCUT2D eigenvalue weighted by molar-refractivity contribution is 7.13. The summed E-state index contributed by atoms with van der Waals surface area (Å²) in [6, 6.07) is 0. The van der Waals surface area contributed by atoms with Crippen LogP contribution >= 0.6 is 11.3 Å². The molecule has 4 rings (SSSR count). The van der Waals surface area contributed by atoms with Crippen molar-refractivity contribution < 1.29 is 0 Å². The van der Waals surface area contributed by atoms with Gasteiger partial charge in [0.25, 0.3) is 0 Å². The Kier molecular flexibility index (Phi) is 5.86. The molecule has 2 aliphatic rings. The molecule has 2 aliphatic heterocycles. The molecule has 2 N–H and O–H groups in total. The van der Waals surface area contributed by atoms with Crippen molar-refractivity contribution >= 4 is 22.4 Å². The minimum absolute atomic E-state index is 0.661. The lowest BCUT2D eigenvalue weighted by Gasteiger charge is -2.35. The number of aliphatic imine (C=N–C) groups is 1. The van der Waals surface area contributed by atoms with Crippen LogP contribution in [0, 0.1) is 0 Å². The summed E-state index contributed by atoms with van der Waals surface area (Å²) in [5.74, 6) is 2.93. The molecule has 8 nitrogen and oxygen atoms in total. The molecule has 0 bridgehead atoms. The zero-order valence-corrected chi connectivity index (χ0v) is 16.6. The van der Waals surface area contributed by atoms with Gasteiger partial charge in [-0.2, -0.15) is 0 Å². The third-order valence-corrected chi connectivity index (χ3v) is 6.14. The van der Waals surface area contributed by atoms with Gasteiger partial charge in [-0.05, 0) is 19.3 Å². The number of anilines is 1. The highest BCUT2D eigenvalue weighted by Crippen LogP contribution is 2.19. The number of thiazole rings is 1. The second kappa shape index (κ2) is 8.69. The molecule has 2 aromatic heterocycles. The van der Waals surface area contributed by atoms with Crippen LogP contribution in [0.5, 0.6) is 0 Å². The zero-order valence-electron chi connectivity index (χ0n) is 15.8. The van der Waals surface area contributed by atoms with Crippen LogP contribution in [0.3, 0.4) is 0 Å². The third-order valence-electron chi connectivity index (χ3n) is 5.31. The van der Waals surface area contributed by atoms with E-state index in [4.69, 9.17) is 5.73 Å². The van der Waals surface area contributed by atoms with Crippen LogP contribution in [0.25, 0.3) is 0 Å². The van der Waals surface area contributed by atoms with Crippen molar-refractivity contribution in [3.8, 4) is 0 Å². The van der Waals surface area contributed by atoms with Gasteiger partial charge in [-0.15, -0.1) is 21.5 Å². The third kappa shape index (κ3) is 4.40. The van der Waals surface area contributed by atoms with Crippen molar-refractivity contribution in [3.63, 3.8) is 0 Å². The zero-order chi connectivity index (χ0) is 18.5. The molecular formula is C18H28N8S. The Labute approximate surface area is 164 Å². The minimum Gasteiger partial charge on any atom is -0.370 e. The smallest absolute Gasteiger partial charge is 0.191 e. The molecule has 146 valence electrons. The summed E-state index contributed by atoms with van der Waals surface area (Å²) in [6.45, 7) is 5.47. The van der Waals surface area contributed by atoms with Gasteiger partial charge >= 0.3 is 0 Å². The average molecular weight is 389 g/mol. The molecule has 0 unspecified atom stereocenters. The number of aromatic nitrogens is 4. The summed E-state index contributed by atoms with van der Waals surface area (Å²) < 4.78 is 2.32. The fourth-order valence-electron chi connectivity index (χ4n) is 3.76. The van der Waals surface area contributed by atoms with Crippen LogP contribution in [0.1, 0.15) is 37.3 Å². The first-order valence-corrected chi connectivity index (χ1v) is 10.8. The Morgan fingerprint density at radius 2 is 2.00 bits per heavy atom. The van der Waals surface area contributed by atoms with Gasteiger partial charge in [-0.1, -0.05) is 6.42 Å². The van der Waals surface area contributed by atoms with E-state index in [9.17, 15) is 0 Å². The molecule has 0 amide bonds. The van der Waals surface area contributed by atoms with E-state index in [-0.39, 0.29) is 0 Å². The van der Waals surface area contributed by atoms with Crippen molar-refractivity contribution in [2.45, 2.75) is 45.1 Å². The van der Waals surface area contributed by atoms with E-state index in [1.807, 2.05) is 11.6 Å². The van der Waals surface area contributed by atoms with Crippen LogP contribution in [0.4, 0.5) is 5.13 Å². The van der Waals surface area contributed by atoms with E-state index >= 15 is 0 Å². The molecule has 0 aliphatic carbocycles. The Morgan fingerprint density at radius 1 is 1.11 bits per heavy atom. The first kappa shape index (κ1) is 18.2. The molecule has 1 fully saturated rings. The van der Waals surface area contributed by atoms with Crippen LogP contribution in [-0.2, 0) is 19.4 Å². The van der Waals surface area contributed by atoms with Gasteiger partial charge in [0.15, 0.2) is 11.1 Å². The fourth-order valence-corrected chi connectivity index (χ4v) is 4.46. The predicted octanol–water partition coefficient (Wildman–Crippen LogP) is 1.53. The quantitative estimate of drug-likeness (QED) is 0.475. The number of hydrogen-bond acceptors (Lipinski definition) is 6. The lowest BCUT2D eigenvalue weighted by Crippen LogP contribution is -2.51. The molecule has 27 heavy (non-hydrogen) atoms. The second-order valence-corrected chi connectivity index (χ2v) is 8.00. The summed E-state index contributed by atoms with van der Waals surface area (Å²) >= 11 is 1.69. The maximum Gasteiger partial charge on any atom is 0.191 e. The lowest BCUT2D eigenvalue weighted by molar-refractivity contribution is 0.380. The number of guanidine groups is 1. The van der Waals surface area contributed by atoms with Crippen molar-refractivity contribution in [3.05, 3.63) is 23.2 Å². The summed E-state index contributed by atoms with van der Waals surface area (Å²) in [5.41, 5.74) is 6.21. The first-order valence-electron chi connectivity index (χ1n) is 9.91. The fraction of sp³-hybridized carbons (Fsp3) is 0.667. The van der Waals surface area contributed by atoms with Gasteiger partial charge in [0, 0.05) is 63.7 Å². The van der Waals surface area contributed by atoms with Crippen LogP contribution in [-0.4, -0.2) is 63.3 Å². The SMILES string of the molecule is NC(=NCCCc1nnc2n1CCCCC2)N1CCN(c2nccs2)CC1. The highest BCUT2D eigenvalue weighted by atomic mass is 32.1. The van der Waals surface area contributed by atoms with Crippen molar-refractivity contribution in [2.75, 3.05) is 37.6 Å². The molecule has 0 saturated carbocycles. The van der Waals surface area contributed by atoms with Gasteiger partial charge in [0.1, 0.15) is 11.6 Å². The highest BCUT2D eigenvalue weighted by Gasteiger charge is 2.20. The molecule has 0 radical (unpaired) electrons. The molecule has 0 aromatic carbocycles. The van der Waals surface area contributed by atoms with Gasteiger partial charge in [-0.25, -0.2) is 4.98 Å². The Morgan fingerprint density at radius 3 is 2.81 bits per heavy atom. The molecule has 0 atom stereocenters. The molecule has 2 aromatic rings. The van der Waals surface area contributed by atoms with Crippen molar-refractivity contribution in [2.24, 2.45) is 10.7 Å². The first-order chi connectivity index (χ1) is 13.3. The molecule has 0 spiro atoms. The van der Waals surface area contributed by atoms with E-state index in [1.165, 1.54) is 19.3 Å². The predicted molar refractivity (Wildman–Crippen MR) is 108 cm³/mol. The van der Waals surface area contributed by atoms with Crippen LogP contribution in [0.15, 0.2) is 16.6 Å². The number of hydrogen-bond donors (Lipinski definition) is 1. The Hall–Kier alpha value is -2.16. The number of fused-ring (bicyclic) bond motifs is 1. The van der Waals surface area contributed by atoms with E-state index in [2.05, 4.69) is 34.5 Å². The summed E-state index contributed by atoms with van der Waals surface area (Å²) in [5, 5.41) is 11.9. The average Bonchev–Trinajstić information content (AvgIpc) is 3.31. The normalized spacial score (nSPS) is 18.4. The number of rotatable bonds is 5. The maximum absolute atomic E-state index is 6.21. The number of piperazine rings is 1. The largest absolute Gasteiger partial charge is 0.370 e. The lowest BCUT2D eigenvalue weighted by atomic mass is 10.2. The summed E-state index contributed by atoms with van der Waals surface area (Å²) in [7, 11) is 0. The monoisotopic (exact) mass is 388 g/mol. The number of nitrogens with zero attached hydrogens (tertiary/aromatic N) is 7. The molecular weight excluding hydrogens is 360 g/mol. The maximum atomic E-state index is 6.21. The number of nitrogens with two attached hydrogens (primary N) is 1. The molecule has 9 heteroatoms. The molecule has 4 heterocycles. The van der Waals surface area contributed by atoms with Gasteiger partial charge in [0.05, 0.1) is 0 Å². The van der Waals surface area contributed by atoms with Gasteiger partial charge in [-0.3, -0.25) is 4.99 Å². The minimum atomic E-state index is 0.661. The van der Waals surface area contributed by atoms with Crippen molar-refractivity contribution in [1.29, 1.82) is 0 Å². The van der Waals surface area contributed by atoms with E-state index in [0.717, 1.165) is 75.3 Å². The standard InChI is InChI=1S/C18H28N8S/c19-17(24-10-12-25(13-11-24)18-21-8-14-27-18)20-7-4-6-16-23-22-15-5-2-1-3-9-26(15)16/h8,14H,1-7,9-13H2,(H2,19,20). The second-order valence-electron chi connectivity index (χ2n) is 7.13. The summed E-state index contributed by atoms with van der Waals surface area (Å²) in [4.78, 5) is 13.5. The topological polar surface area (TPSA) is 88.5 Å². The Balaban J connectivity index is 1.23. The van der Waals surface area contributed by atoms with Crippen molar-refractivity contribution in [1.82, 2.24) is 24.6 Å².